The topological polar surface area (TPSA) is 54.4 Å². The van der Waals surface area contributed by atoms with Crippen LogP contribution >= 0.6 is 0 Å². The predicted molar refractivity (Wildman–Crippen MR) is 145 cm³/mol. The fourth-order valence-electron chi connectivity index (χ4n) is 5.63. The van der Waals surface area contributed by atoms with Crippen molar-refractivity contribution in [2.24, 2.45) is 5.92 Å². The molecule has 0 heterocycles. The Bertz CT molecular complexity index is 631. The van der Waals surface area contributed by atoms with E-state index < -0.39 is 0 Å². The van der Waals surface area contributed by atoms with E-state index in [1.807, 2.05) is 0 Å². The van der Waals surface area contributed by atoms with Crippen LogP contribution in [0, 0.1) is 5.92 Å². The van der Waals surface area contributed by atoms with Gasteiger partial charge in [-0.3, -0.25) is 9.59 Å². The summed E-state index contributed by atoms with van der Waals surface area (Å²) in [6.07, 6.45) is 27.1. The fraction of sp³-hybridized carbons (Fsp3) is 0.806. The first-order valence-corrected chi connectivity index (χ1v) is 14.2. The van der Waals surface area contributed by atoms with Crippen LogP contribution in [0.5, 0.6) is 0 Å². The SMILES string of the molecule is C.CCCCCCO.O=C1CCCCC1=C1CCCCC1.O=C1CCCCC1C1=CCCCC1. The van der Waals surface area contributed by atoms with Crippen LogP contribution in [-0.2, 0) is 9.59 Å². The molecule has 0 amide bonds. The van der Waals surface area contributed by atoms with E-state index in [-0.39, 0.29) is 7.43 Å². The Morgan fingerprint density at radius 2 is 1.44 bits per heavy atom. The normalized spacial score (nSPS) is 23.0. The van der Waals surface area contributed by atoms with Gasteiger partial charge in [0.05, 0.1) is 0 Å². The summed E-state index contributed by atoms with van der Waals surface area (Å²) in [6, 6.07) is 0. The third kappa shape index (κ3) is 11.5. The number of ketones is 2. The van der Waals surface area contributed by atoms with Gasteiger partial charge in [-0.1, -0.05) is 63.7 Å². The molecule has 0 aromatic carbocycles. The molecule has 0 bridgehead atoms. The molecule has 0 radical (unpaired) electrons. The quantitative estimate of drug-likeness (QED) is 0.246. The molecule has 3 nitrogen and oxygen atoms in total. The van der Waals surface area contributed by atoms with Crippen LogP contribution in [0.4, 0.5) is 0 Å². The first kappa shape index (κ1) is 30.8. The van der Waals surface area contributed by atoms with Crippen LogP contribution in [-0.4, -0.2) is 23.3 Å². The van der Waals surface area contributed by atoms with Crippen molar-refractivity contribution in [1.29, 1.82) is 0 Å². The van der Waals surface area contributed by atoms with Gasteiger partial charge in [0, 0.05) is 25.4 Å². The van der Waals surface area contributed by atoms with Crippen molar-refractivity contribution in [3.8, 4) is 0 Å². The van der Waals surface area contributed by atoms with E-state index in [0.717, 1.165) is 44.9 Å². The smallest absolute Gasteiger partial charge is 0.158 e. The van der Waals surface area contributed by atoms with E-state index in [1.54, 1.807) is 0 Å². The van der Waals surface area contributed by atoms with Crippen LogP contribution in [0.3, 0.4) is 0 Å². The molecule has 3 heteroatoms. The van der Waals surface area contributed by atoms with Crippen molar-refractivity contribution in [3.63, 3.8) is 0 Å². The number of hydrogen-bond acceptors (Lipinski definition) is 3. The zero-order chi connectivity index (χ0) is 23.7. The maximum absolute atomic E-state index is 11.7. The lowest BCUT2D eigenvalue weighted by Crippen LogP contribution is -2.21. The highest BCUT2D eigenvalue weighted by molar-refractivity contribution is 5.96. The van der Waals surface area contributed by atoms with Crippen LogP contribution in [0.1, 0.15) is 149 Å². The number of hydrogen-bond donors (Lipinski definition) is 1. The van der Waals surface area contributed by atoms with Gasteiger partial charge in [-0.25, -0.2) is 0 Å². The summed E-state index contributed by atoms with van der Waals surface area (Å²) < 4.78 is 0. The molecule has 0 saturated heterocycles. The molecule has 0 aromatic heterocycles. The molecule has 196 valence electrons. The van der Waals surface area contributed by atoms with Crippen molar-refractivity contribution < 1.29 is 14.7 Å². The molecule has 1 unspecified atom stereocenters. The van der Waals surface area contributed by atoms with Gasteiger partial charge in [0.2, 0.25) is 0 Å². The Hall–Kier alpha value is -1.22. The number of carbonyl (C=O) groups excluding carboxylic acids is 2. The molecular formula is C31H54O3. The Balaban J connectivity index is 0.000000264. The summed E-state index contributed by atoms with van der Waals surface area (Å²) in [7, 11) is 0. The third-order valence-corrected chi connectivity index (χ3v) is 7.64. The summed E-state index contributed by atoms with van der Waals surface area (Å²) in [5.74, 6) is 1.30. The van der Waals surface area contributed by atoms with Crippen molar-refractivity contribution in [2.75, 3.05) is 6.61 Å². The van der Waals surface area contributed by atoms with E-state index in [1.165, 1.54) is 107 Å². The molecule has 0 spiro atoms. The first-order chi connectivity index (χ1) is 16.2. The van der Waals surface area contributed by atoms with Crippen molar-refractivity contribution in [1.82, 2.24) is 0 Å². The molecule has 34 heavy (non-hydrogen) atoms. The minimum atomic E-state index is 0. The Kier molecular flexibility index (Phi) is 17.2. The number of rotatable bonds is 5. The Morgan fingerprint density at radius 3 is 2.06 bits per heavy atom. The van der Waals surface area contributed by atoms with E-state index in [0.29, 0.717) is 24.1 Å². The summed E-state index contributed by atoms with van der Waals surface area (Å²) in [6.45, 7) is 2.53. The van der Waals surface area contributed by atoms with Gasteiger partial charge in [-0.2, -0.15) is 0 Å². The molecule has 0 aliphatic heterocycles. The number of carbonyl (C=O) groups is 2. The lowest BCUT2D eigenvalue weighted by Gasteiger charge is -2.25. The van der Waals surface area contributed by atoms with Crippen molar-refractivity contribution in [2.45, 2.75) is 149 Å². The van der Waals surface area contributed by atoms with Crippen LogP contribution in [0.15, 0.2) is 22.8 Å². The molecular weight excluding hydrogens is 420 g/mol. The van der Waals surface area contributed by atoms with Gasteiger partial charge >= 0.3 is 0 Å². The highest BCUT2D eigenvalue weighted by Crippen LogP contribution is 2.33. The van der Waals surface area contributed by atoms with Gasteiger partial charge < -0.3 is 5.11 Å². The lowest BCUT2D eigenvalue weighted by molar-refractivity contribution is -0.123. The second kappa shape index (κ2) is 19.0. The molecule has 3 fully saturated rings. The number of aliphatic hydroxyl groups excluding tert-OH is 1. The molecule has 0 aromatic rings. The highest BCUT2D eigenvalue weighted by atomic mass is 16.2. The van der Waals surface area contributed by atoms with Crippen molar-refractivity contribution in [3.05, 3.63) is 22.8 Å². The van der Waals surface area contributed by atoms with Crippen LogP contribution in [0.25, 0.3) is 0 Å². The minimum absolute atomic E-state index is 0. The summed E-state index contributed by atoms with van der Waals surface area (Å²) in [5.41, 5.74) is 4.21. The number of allylic oxidation sites excluding steroid dienone is 4. The number of aliphatic hydroxyl groups is 1. The zero-order valence-electron chi connectivity index (χ0n) is 21.5. The predicted octanol–water partition coefficient (Wildman–Crippen LogP) is 8.83. The van der Waals surface area contributed by atoms with E-state index in [2.05, 4.69) is 13.0 Å². The third-order valence-electron chi connectivity index (χ3n) is 7.64. The largest absolute Gasteiger partial charge is 0.396 e. The second-order valence-electron chi connectivity index (χ2n) is 10.3. The average Bonchev–Trinajstić information content (AvgIpc) is 2.87. The Morgan fingerprint density at radius 1 is 0.765 bits per heavy atom. The van der Waals surface area contributed by atoms with Crippen molar-refractivity contribution >= 4 is 11.6 Å². The standard InChI is InChI=1S/2C12H18O.C6H14O.CH4/c2*13-12-9-5-4-8-11(12)10-6-2-1-3-7-10;1-2-3-4-5-6-7;/h1-9H2;6,11H,1-5,7-9H2;7H,2-6H2,1H3;1H4. The van der Waals surface area contributed by atoms with E-state index >= 15 is 0 Å². The highest BCUT2D eigenvalue weighted by Gasteiger charge is 2.25. The minimum Gasteiger partial charge on any atom is -0.396 e. The van der Waals surface area contributed by atoms with E-state index in [9.17, 15) is 9.59 Å². The summed E-state index contributed by atoms with van der Waals surface area (Å²) in [4.78, 5) is 23.3. The maximum Gasteiger partial charge on any atom is 0.158 e. The fourth-order valence-corrected chi connectivity index (χ4v) is 5.63. The maximum atomic E-state index is 11.7. The monoisotopic (exact) mass is 474 g/mol. The zero-order valence-corrected chi connectivity index (χ0v) is 21.5. The number of Topliss-reactive ketones (excluding diaryl/α,β-unsaturated/α-hetero) is 2. The van der Waals surface area contributed by atoms with Crippen LogP contribution in [0.2, 0.25) is 0 Å². The van der Waals surface area contributed by atoms with Crippen LogP contribution < -0.4 is 0 Å². The van der Waals surface area contributed by atoms with Gasteiger partial charge in [0.1, 0.15) is 5.78 Å². The molecule has 1 N–H and O–H groups in total. The van der Waals surface area contributed by atoms with Gasteiger partial charge in [-0.05, 0) is 95.5 Å². The molecule has 4 aliphatic carbocycles. The Labute approximate surface area is 210 Å². The first-order valence-electron chi connectivity index (χ1n) is 14.2. The molecule has 4 aliphatic rings. The second-order valence-corrected chi connectivity index (χ2v) is 10.3. The number of unbranched alkanes of at least 4 members (excludes halogenated alkanes) is 3. The lowest BCUT2D eigenvalue weighted by atomic mass is 9.79. The molecule has 1 atom stereocenters. The molecule has 4 rings (SSSR count). The van der Waals surface area contributed by atoms with Gasteiger partial charge in [0.15, 0.2) is 5.78 Å². The average molecular weight is 475 g/mol. The summed E-state index contributed by atoms with van der Waals surface area (Å²) in [5, 5.41) is 8.29. The summed E-state index contributed by atoms with van der Waals surface area (Å²) >= 11 is 0. The van der Waals surface area contributed by atoms with E-state index in [4.69, 9.17) is 5.11 Å². The molecule has 3 saturated carbocycles. The van der Waals surface area contributed by atoms with Gasteiger partial charge in [-0.15, -0.1) is 0 Å². The van der Waals surface area contributed by atoms with Gasteiger partial charge in [0.25, 0.3) is 0 Å².